The molecule has 0 unspecified atom stereocenters. The average Bonchev–Trinajstić information content (AvgIpc) is 2.69. The van der Waals surface area contributed by atoms with Crippen molar-refractivity contribution in [3.05, 3.63) is 93.8 Å². The first-order valence-corrected chi connectivity index (χ1v) is 8.75. The van der Waals surface area contributed by atoms with Gasteiger partial charge in [0.2, 0.25) is 0 Å². The van der Waals surface area contributed by atoms with Crippen molar-refractivity contribution in [2.75, 3.05) is 5.32 Å². The van der Waals surface area contributed by atoms with E-state index in [1.165, 1.54) is 18.2 Å². The number of nitrogen functional groups attached to an aromatic ring is 1. The number of rotatable bonds is 5. The van der Waals surface area contributed by atoms with Gasteiger partial charge in [-0.05, 0) is 67.1 Å². The predicted octanol–water partition coefficient (Wildman–Crippen LogP) is 4.37. The maximum absolute atomic E-state index is 13.0. The quantitative estimate of drug-likeness (QED) is 0.258. The van der Waals surface area contributed by atoms with Crippen LogP contribution in [0, 0.1) is 12.7 Å². The fourth-order valence-corrected chi connectivity index (χ4v) is 2.98. The third-order valence-corrected chi connectivity index (χ3v) is 4.53. The number of ketones is 1. The lowest BCUT2D eigenvalue weighted by Crippen LogP contribution is -2.30. The highest BCUT2D eigenvalue weighted by Crippen LogP contribution is 2.27. The molecule has 3 rings (SSSR count). The molecule has 3 aromatic carbocycles. The maximum atomic E-state index is 13.0. The number of hydrogen-bond acceptors (Lipinski definition) is 4. The van der Waals surface area contributed by atoms with Gasteiger partial charge in [-0.2, -0.15) is 0 Å². The van der Waals surface area contributed by atoms with Crippen LogP contribution in [0.4, 0.5) is 15.8 Å². The summed E-state index contributed by atoms with van der Waals surface area (Å²) in [6.45, 7) is 1.77. The molecule has 0 saturated heterocycles. The lowest BCUT2D eigenvalue weighted by Gasteiger charge is -2.11. The number of hydrazine groups is 1. The minimum Gasteiger partial charge on any atom is -0.355 e. The van der Waals surface area contributed by atoms with Gasteiger partial charge < -0.3 is 5.32 Å². The molecule has 0 aromatic heterocycles. The van der Waals surface area contributed by atoms with E-state index in [0.29, 0.717) is 28.1 Å². The standard InChI is InChI=1S/C21H17ClFN3O2/c1-12-2-3-13(21(28)26-24)10-18(12)20(27)17-9-8-16(11-19(17)22)25-15-6-4-14(23)5-7-15/h2-11,25H,24H2,1H3,(H,26,28). The second-order valence-electron chi connectivity index (χ2n) is 6.16. The first-order chi connectivity index (χ1) is 13.4. The highest BCUT2D eigenvalue weighted by Gasteiger charge is 2.17. The molecule has 3 aromatic rings. The zero-order valence-corrected chi connectivity index (χ0v) is 15.7. The van der Waals surface area contributed by atoms with Crippen molar-refractivity contribution in [3.63, 3.8) is 0 Å². The van der Waals surface area contributed by atoms with Gasteiger partial charge in [-0.15, -0.1) is 0 Å². The van der Waals surface area contributed by atoms with Crippen LogP contribution in [0.2, 0.25) is 5.02 Å². The van der Waals surface area contributed by atoms with E-state index in [1.54, 1.807) is 49.4 Å². The summed E-state index contributed by atoms with van der Waals surface area (Å²) in [6.07, 6.45) is 0. The molecule has 142 valence electrons. The Balaban J connectivity index is 1.88. The Morgan fingerprint density at radius 2 is 1.61 bits per heavy atom. The number of anilines is 2. The molecule has 0 spiro atoms. The molecule has 0 saturated carbocycles. The van der Waals surface area contributed by atoms with Crippen LogP contribution >= 0.6 is 11.6 Å². The largest absolute Gasteiger partial charge is 0.355 e. The molecule has 0 fully saturated rings. The Kier molecular flexibility index (Phi) is 5.73. The molecule has 0 aliphatic rings. The lowest BCUT2D eigenvalue weighted by molar-refractivity contribution is 0.0953. The number of nitrogens with two attached hydrogens (primary N) is 1. The Morgan fingerprint density at radius 3 is 2.25 bits per heavy atom. The van der Waals surface area contributed by atoms with E-state index >= 15 is 0 Å². The van der Waals surface area contributed by atoms with Gasteiger partial charge in [0, 0.05) is 28.1 Å². The molecule has 28 heavy (non-hydrogen) atoms. The van der Waals surface area contributed by atoms with Gasteiger partial charge in [-0.1, -0.05) is 17.7 Å². The van der Waals surface area contributed by atoms with Gasteiger partial charge >= 0.3 is 0 Å². The van der Waals surface area contributed by atoms with E-state index in [2.05, 4.69) is 5.32 Å². The molecule has 7 heteroatoms. The van der Waals surface area contributed by atoms with Gasteiger partial charge in [0.25, 0.3) is 5.91 Å². The number of hydrogen-bond donors (Lipinski definition) is 3. The number of carbonyl (C=O) groups is 2. The minimum atomic E-state index is -0.487. The fourth-order valence-electron chi connectivity index (χ4n) is 2.71. The number of benzene rings is 3. The molecular formula is C21H17ClFN3O2. The zero-order chi connectivity index (χ0) is 20.3. The summed E-state index contributed by atoms with van der Waals surface area (Å²) >= 11 is 6.33. The monoisotopic (exact) mass is 397 g/mol. The molecule has 0 radical (unpaired) electrons. The van der Waals surface area contributed by atoms with E-state index in [-0.39, 0.29) is 22.2 Å². The number of nitrogens with one attached hydrogen (secondary N) is 2. The van der Waals surface area contributed by atoms with E-state index in [9.17, 15) is 14.0 Å². The summed E-state index contributed by atoms with van der Waals surface area (Å²) in [5.74, 6) is 4.04. The van der Waals surface area contributed by atoms with Gasteiger partial charge in [0.05, 0.1) is 5.02 Å². The summed E-state index contributed by atoms with van der Waals surface area (Å²) < 4.78 is 13.0. The van der Waals surface area contributed by atoms with Crippen molar-refractivity contribution in [2.45, 2.75) is 6.92 Å². The summed E-state index contributed by atoms with van der Waals surface area (Å²) in [5, 5.41) is 3.35. The molecule has 1 amide bonds. The van der Waals surface area contributed by atoms with Crippen molar-refractivity contribution >= 4 is 34.7 Å². The Bertz CT molecular complexity index is 1050. The smallest absolute Gasteiger partial charge is 0.265 e. The summed E-state index contributed by atoms with van der Waals surface area (Å²) in [6, 6.07) is 15.6. The first kappa shape index (κ1) is 19.5. The van der Waals surface area contributed by atoms with Gasteiger partial charge in [-0.3, -0.25) is 15.0 Å². The van der Waals surface area contributed by atoms with Crippen LogP contribution < -0.4 is 16.6 Å². The Labute approximate surface area is 166 Å². The van der Waals surface area contributed by atoms with Crippen LogP contribution in [0.25, 0.3) is 0 Å². The van der Waals surface area contributed by atoms with Crippen LogP contribution in [-0.2, 0) is 0 Å². The summed E-state index contributed by atoms with van der Waals surface area (Å²) in [5.41, 5.74) is 5.05. The van der Waals surface area contributed by atoms with Gasteiger partial charge in [0.15, 0.2) is 5.78 Å². The highest BCUT2D eigenvalue weighted by atomic mass is 35.5. The summed E-state index contributed by atoms with van der Waals surface area (Å²) in [4.78, 5) is 24.7. The predicted molar refractivity (Wildman–Crippen MR) is 107 cm³/mol. The summed E-state index contributed by atoms with van der Waals surface area (Å²) in [7, 11) is 0. The third-order valence-electron chi connectivity index (χ3n) is 4.22. The van der Waals surface area contributed by atoms with Crippen LogP contribution in [0.1, 0.15) is 31.8 Å². The molecule has 0 bridgehead atoms. The molecule has 5 nitrogen and oxygen atoms in total. The van der Waals surface area contributed by atoms with E-state index in [0.717, 1.165) is 0 Å². The van der Waals surface area contributed by atoms with Crippen molar-refractivity contribution in [2.24, 2.45) is 5.84 Å². The number of carbonyl (C=O) groups excluding carboxylic acids is 2. The van der Waals surface area contributed by atoms with E-state index in [1.807, 2.05) is 5.43 Å². The topological polar surface area (TPSA) is 84.2 Å². The minimum absolute atomic E-state index is 0.255. The van der Waals surface area contributed by atoms with E-state index < -0.39 is 5.91 Å². The van der Waals surface area contributed by atoms with Crippen molar-refractivity contribution in [3.8, 4) is 0 Å². The molecular weight excluding hydrogens is 381 g/mol. The van der Waals surface area contributed by atoms with E-state index in [4.69, 9.17) is 17.4 Å². The van der Waals surface area contributed by atoms with Crippen molar-refractivity contribution in [1.82, 2.24) is 5.43 Å². The number of aryl methyl sites for hydroxylation is 1. The van der Waals surface area contributed by atoms with Crippen molar-refractivity contribution in [1.29, 1.82) is 0 Å². The van der Waals surface area contributed by atoms with Gasteiger partial charge in [-0.25, -0.2) is 10.2 Å². The zero-order valence-electron chi connectivity index (χ0n) is 14.9. The third kappa shape index (κ3) is 4.19. The number of amides is 1. The number of halogens is 2. The molecule has 0 heterocycles. The highest BCUT2D eigenvalue weighted by molar-refractivity contribution is 6.35. The Hall–Kier alpha value is -3.22. The van der Waals surface area contributed by atoms with Gasteiger partial charge in [0.1, 0.15) is 5.82 Å². The fraction of sp³-hybridized carbons (Fsp3) is 0.0476. The SMILES string of the molecule is Cc1ccc(C(=O)NN)cc1C(=O)c1ccc(Nc2ccc(F)cc2)cc1Cl. The van der Waals surface area contributed by atoms with Crippen LogP contribution in [0.15, 0.2) is 60.7 Å². The lowest BCUT2D eigenvalue weighted by atomic mass is 9.96. The molecule has 0 aliphatic carbocycles. The maximum Gasteiger partial charge on any atom is 0.265 e. The van der Waals surface area contributed by atoms with Crippen LogP contribution in [0.3, 0.4) is 0 Å². The van der Waals surface area contributed by atoms with Crippen molar-refractivity contribution < 1.29 is 14.0 Å². The van der Waals surface area contributed by atoms with Crippen LogP contribution in [0.5, 0.6) is 0 Å². The second kappa shape index (κ2) is 8.21. The first-order valence-electron chi connectivity index (χ1n) is 8.37. The normalized spacial score (nSPS) is 10.4. The molecule has 0 aliphatic heterocycles. The van der Waals surface area contributed by atoms with Crippen LogP contribution in [-0.4, -0.2) is 11.7 Å². The second-order valence-corrected chi connectivity index (χ2v) is 6.57. The molecule has 0 atom stereocenters. The average molecular weight is 398 g/mol. The molecule has 4 N–H and O–H groups in total. The Morgan fingerprint density at radius 1 is 0.929 bits per heavy atom.